The minimum Gasteiger partial charge on any atom is -0.508 e. The van der Waals surface area contributed by atoms with E-state index in [1.807, 2.05) is 30.3 Å². The summed E-state index contributed by atoms with van der Waals surface area (Å²) in [6, 6.07) is 14.7. The first-order chi connectivity index (χ1) is 20.8. The lowest BCUT2D eigenvalue weighted by Gasteiger charge is -2.55. The molecule has 2 heterocycles. The second-order valence-corrected chi connectivity index (χ2v) is 10.5. The number of rotatable bonds is 13. The van der Waals surface area contributed by atoms with Crippen molar-refractivity contribution in [2.24, 2.45) is 0 Å². The van der Waals surface area contributed by atoms with Gasteiger partial charge in [0.05, 0.1) is 19.7 Å². The zero-order valence-corrected chi connectivity index (χ0v) is 24.5. The molecule has 12 nitrogen and oxygen atoms in total. The maximum Gasteiger partial charge on any atom is 0.334 e. The number of urea groups is 1. The number of fused-ring (bicyclic) bond motifs is 1. The molecule has 2 atom stereocenters. The van der Waals surface area contributed by atoms with Gasteiger partial charge in [0.2, 0.25) is 17.7 Å². The Hall–Kier alpha value is -4.42. The predicted octanol–water partition coefficient (Wildman–Crippen LogP) is 1.47. The second kappa shape index (κ2) is 15.2. The Morgan fingerprint density at radius 1 is 1.07 bits per heavy atom. The lowest BCUT2D eigenvalue weighted by molar-refractivity contribution is -0.189. The minimum atomic E-state index is -0.873. The lowest BCUT2D eigenvalue weighted by atomic mass is 9.98. The van der Waals surface area contributed by atoms with Crippen LogP contribution in [0, 0.1) is 0 Å². The van der Waals surface area contributed by atoms with Crippen molar-refractivity contribution in [1.29, 1.82) is 0 Å². The van der Waals surface area contributed by atoms with Gasteiger partial charge in [-0.1, -0.05) is 48.5 Å². The fourth-order valence-corrected chi connectivity index (χ4v) is 5.42. The molecule has 2 aliphatic rings. The molecule has 5 amide bonds. The highest BCUT2D eigenvalue weighted by molar-refractivity contribution is 5.91. The van der Waals surface area contributed by atoms with Crippen LogP contribution in [-0.2, 0) is 32.1 Å². The molecular formula is C31H40N6O6. The van der Waals surface area contributed by atoms with Gasteiger partial charge in [-0.2, -0.15) is 0 Å². The van der Waals surface area contributed by atoms with Crippen molar-refractivity contribution in [3.63, 3.8) is 0 Å². The molecule has 2 aromatic carbocycles. The Balaban J connectivity index is 1.59. The van der Waals surface area contributed by atoms with Crippen molar-refractivity contribution in [3.05, 3.63) is 78.4 Å². The van der Waals surface area contributed by atoms with Gasteiger partial charge in [0, 0.05) is 46.1 Å². The largest absolute Gasteiger partial charge is 0.508 e. The summed E-state index contributed by atoms with van der Waals surface area (Å²) in [5, 5.41) is 18.7. The highest BCUT2D eigenvalue weighted by Crippen LogP contribution is 2.29. The zero-order chi connectivity index (χ0) is 30.8. The van der Waals surface area contributed by atoms with E-state index in [0.29, 0.717) is 19.6 Å². The van der Waals surface area contributed by atoms with E-state index in [2.05, 4.69) is 17.2 Å². The number of aromatic hydroxyl groups is 1. The quantitative estimate of drug-likeness (QED) is 0.237. The van der Waals surface area contributed by atoms with E-state index in [-0.39, 0.29) is 69.0 Å². The number of phenols is 1. The number of carbonyl (C=O) groups is 4. The number of amides is 5. The van der Waals surface area contributed by atoms with Gasteiger partial charge in [0.15, 0.2) is 0 Å². The number of nitrogens with zero attached hydrogens (tertiary/aromatic N) is 4. The van der Waals surface area contributed by atoms with Crippen molar-refractivity contribution >= 4 is 23.8 Å². The molecule has 0 radical (unpaired) electrons. The second-order valence-electron chi connectivity index (χ2n) is 10.5. The summed E-state index contributed by atoms with van der Waals surface area (Å²) in [6.45, 7) is 5.43. The third-order valence-electron chi connectivity index (χ3n) is 7.49. The molecule has 2 aromatic rings. The monoisotopic (exact) mass is 592 g/mol. The minimum absolute atomic E-state index is 0.0916. The number of hydrogen-bond donors (Lipinski definition) is 3. The number of hydrazine groups is 1. The maximum atomic E-state index is 13.9. The lowest BCUT2D eigenvalue weighted by Crippen LogP contribution is -2.76. The molecule has 0 aromatic heterocycles. The molecule has 0 aliphatic carbocycles. The summed E-state index contributed by atoms with van der Waals surface area (Å²) in [4.78, 5) is 56.7. The standard InChI is InChI=1S/C31H40N6O6/c1-3-16-35-22-29(40)36-26(19-23-11-13-25(38)14-12-23)30(41)34(17-7-10-27(39)32-15-18-43-2)21-28(36)37(35)31(42)33-20-24-8-5-4-6-9-24/h3-6,8-9,11-14,26,28,38H,1,7,10,15-22H2,2H3,(H,32,39)(H,33,42)/t26-,28-/m0/s1. The molecule has 4 rings (SSSR count). The van der Waals surface area contributed by atoms with E-state index >= 15 is 0 Å². The predicted molar refractivity (Wildman–Crippen MR) is 159 cm³/mol. The number of piperazine rings is 1. The van der Waals surface area contributed by atoms with Crippen molar-refractivity contribution in [2.45, 2.75) is 38.0 Å². The van der Waals surface area contributed by atoms with Gasteiger partial charge in [-0.05, 0) is 29.7 Å². The van der Waals surface area contributed by atoms with Gasteiger partial charge < -0.3 is 30.3 Å². The molecule has 12 heteroatoms. The van der Waals surface area contributed by atoms with Crippen LogP contribution in [0.2, 0.25) is 0 Å². The van der Waals surface area contributed by atoms with Gasteiger partial charge >= 0.3 is 6.03 Å². The molecule has 0 bridgehead atoms. The maximum absolute atomic E-state index is 13.9. The summed E-state index contributed by atoms with van der Waals surface area (Å²) in [5.41, 5.74) is 1.68. The molecule has 0 unspecified atom stereocenters. The van der Waals surface area contributed by atoms with E-state index < -0.39 is 18.2 Å². The van der Waals surface area contributed by atoms with Crippen molar-refractivity contribution in [3.8, 4) is 5.75 Å². The molecule has 2 fully saturated rings. The SMILES string of the molecule is C=CCN1CC(=O)N2[C@@H](Cc3ccc(O)cc3)C(=O)N(CCCC(=O)NCCOC)C[C@@H]2N1C(=O)NCc1ccccc1. The molecular weight excluding hydrogens is 552 g/mol. The van der Waals surface area contributed by atoms with Crippen molar-refractivity contribution in [2.75, 3.05) is 46.4 Å². The third-order valence-corrected chi connectivity index (χ3v) is 7.49. The smallest absolute Gasteiger partial charge is 0.334 e. The molecule has 0 spiro atoms. The van der Waals surface area contributed by atoms with Gasteiger partial charge in [-0.25, -0.2) is 14.8 Å². The Labute approximate surface area is 251 Å². The van der Waals surface area contributed by atoms with Gasteiger partial charge in [0.1, 0.15) is 18.0 Å². The Morgan fingerprint density at radius 2 is 1.81 bits per heavy atom. The topological polar surface area (TPSA) is 135 Å². The number of phenolic OH excluding ortho intramolecular Hbond substituents is 1. The average molecular weight is 593 g/mol. The first-order valence-electron chi connectivity index (χ1n) is 14.4. The summed E-state index contributed by atoms with van der Waals surface area (Å²) < 4.78 is 4.97. The van der Waals surface area contributed by atoms with E-state index in [4.69, 9.17) is 4.74 Å². The zero-order valence-electron chi connectivity index (χ0n) is 24.5. The molecule has 43 heavy (non-hydrogen) atoms. The number of nitrogens with one attached hydrogen (secondary N) is 2. The number of methoxy groups -OCH3 is 1. The summed E-state index contributed by atoms with van der Waals surface area (Å²) >= 11 is 0. The van der Waals surface area contributed by atoms with Gasteiger partial charge in [-0.3, -0.25) is 14.4 Å². The number of hydrogen-bond acceptors (Lipinski definition) is 7. The Kier molecular flexibility index (Phi) is 11.1. The highest BCUT2D eigenvalue weighted by atomic mass is 16.5. The molecule has 230 valence electrons. The summed E-state index contributed by atoms with van der Waals surface area (Å²) in [5.74, 6) is -0.569. The van der Waals surface area contributed by atoms with Crippen LogP contribution >= 0.6 is 0 Å². The van der Waals surface area contributed by atoms with Crippen LogP contribution in [0.4, 0.5) is 4.79 Å². The van der Waals surface area contributed by atoms with Gasteiger partial charge in [-0.15, -0.1) is 6.58 Å². The summed E-state index contributed by atoms with van der Waals surface area (Å²) in [6.07, 6.45) is 1.69. The third kappa shape index (κ3) is 8.11. The number of carbonyl (C=O) groups excluding carboxylic acids is 4. The fourth-order valence-electron chi connectivity index (χ4n) is 5.42. The molecule has 3 N–H and O–H groups in total. The van der Waals surface area contributed by atoms with Crippen LogP contribution in [0.3, 0.4) is 0 Å². The first kappa shape index (κ1) is 31.5. The van der Waals surface area contributed by atoms with E-state index in [0.717, 1.165) is 11.1 Å². The van der Waals surface area contributed by atoms with Crippen LogP contribution < -0.4 is 10.6 Å². The Morgan fingerprint density at radius 3 is 2.51 bits per heavy atom. The fraction of sp³-hybridized carbons (Fsp3) is 0.419. The van der Waals surface area contributed by atoms with Crippen molar-refractivity contribution in [1.82, 2.24) is 30.5 Å². The van der Waals surface area contributed by atoms with Crippen LogP contribution in [-0.4, -0.2) is 107 Å². The Bertz CT molecular complexity index is 1270. The van der Waals surface area contributed by atoms with E-state index in [1.54, 1.807) is 35.2 Å². The molecule has 0 saturated carbocycles. The first-order valence-corrected chi connectivity index (χ1v) is 14.4. The van der Waals surface area contributed by atoms with Crippen molar-refractivity contribution < 1.29 is 29.0 Å². The molecule has 2 aliphatic heterocycles. The number of ether oxygens (including phenoxy) is 1. The summed E-state index contributed by atoms with van der Waals surface area (Å²) in [7, 11) is 1.56. The highest BCUT2D eigenvalue weighted by Gasteiger charge is 2.51. The number of benzene rings is 2. The average Bonchev–Trinajstić information content (AvgIpc) is 2.99. The van der Waals surface area contributed by atoms with E-state index in [1.165, 1.54) is 22.0 Å². The van der Waals surface area contributed by atoms with Gasteiger partial charge in [0.25, 0.3) is 0 Å². The van der Waals surface area contributed by atoms with E-state index in [9.17, 15) is 24.3 Å². The van der Waals surface area contributed by atoms with Crippen LogP contribution in [0.25, 0.3) is 0 Å². The van der Waals surface area contributed by atoms with Crippen LogP contribution in [0.1, 0.15) is 24.0 Å². The van der Waals surface area contributed by atoms with Crippen LogP contribution in [0.5, 0.6) is 5.75 Å². The molecule has 2 saturated heterocycles. The normalized spacial score (nSPS) is 18.8. The van der Waals surface area contributed by atoms with Crippen LogP contribution in [0.15, 0.2) is 67.3 Å².